The van der Waals surface area contributed by atoms with Crippen LogP contribution in [-0.4, -0.2) is 109 Å². The van der Waals surface area contributed by atoms with Crippen LogP contribution in [0, 0.1) is 17.0 Å². The Balaban J connectivity index is 0.000000615. The molecule has 8 rings (SSSR count). The van der Waals surface area contributed by atoms with Gasteiger partial charge in [-0.3, -0.25) is 0 Å². The topological polar surface area (TPSA) is 123 Å². The zero-order chi connectivity index (χ0) is 35.5. The average Bonchev–Trinajstić information content (AvgIpc) is 3.46. The van der Waals surface area contributed by atoms with Crippen molar-refractivity contribution in [2.24, 2.45) is 5.41 Å². The summed E-state index contributed by atoms with van der Waals surface area (Å²) in [5, 5.41) is 21.7. The molecule has 0 spiro atoms. The maximum atomic E-state index is 16.8. The van der Waals surface area contributed by atoms with E-state index in [4.69, 9.17) is 23.9 Å². The number of benzene rings is 2. The summed E-state index contributed by atoms with van der Waals surface area (Å²) in [6, 6.07) is 7.51. The molecule has 4 aliphatic rings. The maximum Gasteiger partial charge on any atom is 0.319 e. The SMILES string of the molecule is C1CCOCC1.COc1nc(-c2cc(O)cc3cccc(F)c23)c(F)c2nc(OCC34CCCC3N(C)CCC4)nc(N3CCOCC(O)C3)c12. The maximum absolute atomic E-state index is 16.8. The van der Waals surface area contributed by atoms with E-state index < -0.39 is 17.7 Å². The first kappa shape index (κ1) is 35.5. The second-order valence-electron chi connectivity index (χ2n) is 14.2. The number of phenols is 1. The Bertz CT molecular complexity index is 1850. The molecule has 5 heterocycles. The molecule has 3 saturated heterocycles. The van der Waals surface area contributed by atoms with Crippen LogP contribution < -0.4 is 14.4 Å². The van der Waals surface area contributed by atoms with Crippen LogP contribution in [0.15, 0.2) is 30.3 Å². The van der Waals surface area contributed by atoms with Crippen LogP contribution in [0.5, 0.6) is 17.6 Å². The third-order valence-corrected chi connectivity index (χ3v) is 10.8. The van der Waals surface area contributed by atoms with E-state index in [9.17, 15) is 10.2 Å². The fourth-order valence-electron chi connectivity index (χ4n) is 8.33. The van der Waals surface area contributed by atoms with Gasteiger partial charge in [0, 0.05) is 48.7 Å². The van der Waals surface area contributed by atoms with Crippen molar-refractivity contribution in [2.45, 2.75) is 63.5 Å². The molecule has 4 fully saturated rings. The van der Waals surface area contributed by atoms with Gasteiger partial charge in [-0.05, 0) is 82.1 Å². The minimum Gasteiger partial charge on any atom is -0.508 e. The number of methoxy groups -OCH3 is 1. The largest absolute Gasteiger partial charge is 0.508 e. The highest BCUT2D eigenvalue weighted by Gasteiger charge is 2.47. The van der Waals surface area contributed by atoms with Gasteiger partial charge < -0.3 is 39.0 Å². The molecule has 3 unspecified atom stereocenters. The predicted molar refractivity (Wildman–Crippen MR) is 190 cm³/mol. The number of likely N-dealkylation sites (tertiary alicyclic amines) is 1. The highest BCUT2D eigenvalue weighted by atomic mass is 19.1. The Kier molecular flexibility index (Phi) is 10.7. The van der Waals surface area contributed by atoms with Gasteiger partial charge in [0.2, 0.25) is 5.88 Å². The molecular weight excluding hydrogens is 660 g/mol. The summed E-state index contributed by atoms with van der Waals surface area (Å²) < 4.78 is 54.7. The molecule has 51 heavy (non-hydrogen) atoms. The minimum absolute atomic E-state index is 0.00421. The monoisotopic (exact) mass is 707 g/mol. The zero-order valence-corrected chi connectivity index (χ0v) is 29.4. The lowest BCUT2D eigenvalue weighted by atomic mass is 9.76. The molecule has 0 bridgehead atoms. The van der Waals surface area contributed by atoms with E-state index in [-0.39, 0.29) is 63.8 Å². The number of fused-ring (bicyclic) bond motifs is 3. The van der Waals surface area contributed by atoms with Crippen LogP contribution in [0.4, 0.5) is 14.6 Å². The molecule has 2 aromatic heterocycles. The zero-order valence-electron chi connectivity index (χ0n) is 29.4. The number of aromatic nitrogens is 3. The fourth-order valence-corrected chi connectivity index (χ4v) is 8.33. The molecule has 1 saturated carbocycles. The smallest absolute Gasteiger partial charge is 0.319 e. The number of piperidine rings is 1. The molecule has 2 aromatic carbocycles. The lowest BCUT2D eigenvalue weighted by Gasteiger charge is -2.44. The van der Waals surface area contributed by atoms with Crippen LogP contribution in [0.1, 0.15) is 51.4 Å². The number of β-amino-alcohol motifs (C(OH)–C–C–N with tert-alkyl or cyclic N) is 1. The van der Waals surface area contributed by atoms with E-state index in [1.165, 1.54) is 50.6 Å². The molecule has 274 valence electrons. The minimum atomic E-state index is -0.838. The Morgan fingerprint density at radius 3 is 2.55 bits per heavy atom. The van der Waals surface area contributed by atoms with Gasteiger partial charge in [0.05, 0.1) is 33.0 Å². The van der Waals surface area contributed by atoms with Gasteiger partial charge in [-0.2, -0.15) is 9.97 Å². The summed E-state index contributed by atoms with van der Waals surface area (Å²) in [5.74, 6) is -1.29. The van der Waals surface area contributed by atoms with Crippen molar-refractivity contribution in [1.82, 2.24) is 19.9 Å². The van der Waals surface area contributed by atoms with Crippen LogP contribution in [-0.2, 0) is 9.47 Å². The number of hydrogen-bond donors (Lipinski definition) is 2. The number of pyridine rings is 1. The molecule has 13 heteroatoms. The second-order valence-corrected chi connectivity index (χ2v) is 14.2. The van der Waals surface area contributed by atoms with E-state index >= 15 is 8.78 Å². The predicted octanol–water partition coefficient (Wildman–Crippen LogP) is 5.87. The Labute approximate surface area is 296 Å². The Hall–Kier alpha value is -3.91. The first-order chi connectivity index (χ1) is 24.8. The summed E-state index contributed by atoms with van der Waals surface area (Å²) in [4.78, 5) is 18.1. The number of halogens is 2. The van der Waals surface area contributed by atoms with Crippen molar-refractivity contribution in [2.75, 3.05) is 71.7 Å². The van der Waals surface area contributed by atoms with Crippen LogP contribution in [0.3, 0.4) is 0 Å². The van der Waals surface area contributed by atoms with Gasteiger partial charge in [-0.15, -0.1) is 0 Å². The van der Waals surface area contributed by atoms with Gasteiger partial charge in [-0.1, -0.05) is 18.6 Å². The van der Waals surface area contributed by atoms with Crippen molar-refractivity contribution in [1.29, 1.82) is 0 Å². The third-order valence-electron chi connectivity index (χ3n) is 10.8. The molecule has 1 aliphatic carbocycles. The van der Waals surface area contributed by atoms with E-state index in [2.05, 4.69) is 21.9 Å². The van der Waals surface area contributed by atoms with E-state index in [0.29, 0.717) is 37.0 Å². The number of ether oxygens (including phenoxy) is 4. The fraction of sp³-hybridized carbons (Fsp3) is 0.553. The van der Waals surface area contributed by atoms with Crippen LogP contribution in [0.2, 0.25) is 0 Å². The Morgan fingerprint density at radius 1 is 0.961 bits per heavy atom. The summed E-state index contributed by atoms with van der Waals surface area (Å²) in [6.45, 7) is 4.46. The number of aliphatic hydroxyl groups is 1. The normalized spacial score (nSPS) is 24.1. The Morgan fingerprint density at radius 2 is 1.78 bits per heavy atom. The van der Waals surface area contributed by atoms with Crippen LogP contribution in [0.25, 0.3) is 32.9 Å². The molecule has 0 radical (unpaired) electrons. The van der Waals surface area contributed by atoms with E-state index in [1.807, 2.05) is 0 Å². The van der Waals surface area contributed by atoms with Gasteiger partial charge >= 0.3 is 6.01 Å². The molecule has 4 aromatic rings. The van der Waals surface area contributed by atoms with Gasteiger partial charge in [0.15, 0.2) is 5.82 Å². The molecule has 2 N–H and O–H groups in total. The van der Waals surface area contributed by atoms with Gasteiger partial charge in [-0.25, -0.2) is 13.8 Å². The molecular formula is C38H47F2N5O6. The number of rotatable bonds is 6. The van der Waals surface area contributed by atoms with Crippen LogP contribution >= 0.6 is 0 Å². The van der Waals surface area contributed by atoms with Crippen molar-refractivity contribution in [3.63, 3.8) is 0 Å². The number of phenolic OH excluding ortho intramolecular Hbond substituents is 1. The number of anilines is 1. The van der Waals surface area contributed by atoms with E-state index in [0.717, 1.165) is 51.9 Å². The van der Waals surface area contributed by atoms with E-state index in [1.54, 1.807) is 11.0 Å². The number of hydrogen-bond acceptors (Lipinski definition) is 11. The van der Waals surface area contributed by atoms with Crippen molar-refractivity contribution < 1.29 is 37.9 Å². The summed E-state index contributed by atoms with van der Waals surface area (Å²) >= 11 is 0. The molecule has 3 aliphatic heterocycles. The average molecular weight is 708 g/mol. The van der Waals surface area contributed by atoms with Gasteiger partial charge in [0.25, 0.3) is 0 Å². The summed E-state index contributed by atoms with van der Waals surface area (Å²) in [6.07, 6.45) is 8.48. The summed E-state index contributed by atoms with van der Waals surface area (Å²) in [7, 11) is 3.56. The van der Waals surface area contributed by atoms with Crippen molar-refractivity contribution >= 4 is 27.5 Å². The number of nitrogens with zero attached hydrogens (tertiary/aromatic N) is 5. The molecule has 11 nitrogen and oxygen atoms in total. The first-order valence-electron chi connectivity index (χ1n) is 18.1. The lowest BCUT2D eigenvalue weighted by molar-refractivity contribution is 0.0133. The molecule has 3 atom stereocenters. The third kappa shape index (κ3) is 7.26. The molecule has 0 amide bonds. The van der Waals surface area contributed by atoms with Crippen molar-refractivity contribution in [3.8, 4) is 28.9 Å². The lowest BCUT2D eigenvalue weighted by Crippen LogP contribution is -2.50. The first-order valence-corrected chi connectivity index (χ1v) is 18.1. The highest BCUT2D eigenvalue weighted by molar-refractivity contribution is 6.02. The number of aliphatic hydroxyl groups excluding tert-OH is 1. The van der Waals surface area contributed by atoms with Gasteiger partial charge in [0.1, 0.15) is 34.0 Å². The standard InChI is InChI=1S/C33H37F2N5O5.C5H10O/c1-39-11-5-10-33(9-4-8-24(33)39)18-45-32-37-29-26(30(38-32)40-12-13-44-17-21(42)16-40)31(43-2)36-28(27(29)35)22-15-20(41)14-19-6-3-7-23(34)25(19)22;1-2-4-6-5-3-1/h3,6-7,14-15,21,24,41-42H,4-5,8-13,16-18H2,1-2H3;1-5H2. The second kappa shape index (κ2) is 15.4. The van der Waals surface area contributed by atoms with Crippen molar-refractivity contribution in [3.05, 3.63) is 42.0 Å². The quantitative estimate of drug-likeness (QED) is 0.251. The highest BCUT2D eigenvalue weighted by Crippen LogP contribution is 2.48. The summed E-state index contributed by atoms with van der Waals surface area (Å²) in [5.41, 5.74) is -0.343. The number of aromatic hydroxyl groups is 1.